The second kappa shape index (κ2) is 5.64. The zero-order valence-electron chi connectivity index (χ0n) is 12.0. The van der Waals surface area contributed by atoms with Crippen molar-refractivity contribution in [2.75, 3.05) is 6.61 Å². The highest BCUT2D eigenvalue weighted by Gasteiger charge is 2.28. The van der Waals surface area contributed by atoms with E-state index in [0.717, 1.165) is 23.4 Å². The molecule has 2 aromatic rings. The Kier molecular flexibility index (Phi) is 3.85. The van der Waals surface area contributed by atoms with Gasteiger partial charge in [0, 0.05) is 5.56 Å². The summed E-state index contributed by atoms with van der Waals surface area (Å²) in [5.74, 6) is 1.99. The molecule has 1 unspecified atom stereocenters. The maximum absolute atomic E-state index is 12.1. The molecule has 1 aliphatic heterocycles. The summed E-state index contributed by atoms with van der Waals surface area (Å²) in [5.41, 5.74) is 1.77. The average Bonchev–Trinajstić information content (AvgIpc) is 2.87. The zero-order chi connectivity index (χ0) is 15.0. The molecule has 0 saturated heterocycles. The van der Waals surface area contributed by atoms with Crippen LogP contribution in [0.15, 0.2) is 33.5 Å². The molecule has 1 atom stereocenters. The third kappa shape index (κ3) is 2.75. The number of nitrogens with zero attached hydrogens (tertiary/aromatic N) is 1. The van der Waals surface area contributed by atoms with Crippen LogP contribution in [0, 0.1) is 5.92 Å². The Labute approximate surface area is 131 Å². The quantitative estimate of drug-likeness (QED) is 0.926. The van der Waals surface area contributed by atoms with Gasteiger partial charge in [0.05, 0.1) is 11.6 Å². The number of para-hydroxylation sites is 1. The van der Waals surface area contributed by atoms with Crippen LogP contribution in [0.3, 0.4) is 0 Å². The zero-order valence-corrected chi connectivity index (χ0v) is 13.6. The fraction of sp³-hybridized carbons (Fsp3) is 0.375. The Balaban J connectivity index is 2.04. The predicted molar refractivity (Wildman–Crippen MR) is 84.9 cm³/mol. The molecule has 0 bridgehead atoms. The number of aromatic nitrogens is 2. The molecule has 0 radical (unpaired) electrons. The van der Waals surface area contributed by atoms with Crippen LogP contribution in [-0.2, 0) is 6.42 Å². The molecule has 1 N–H and O–H groups in total. The summed E-state index contributed by atoms with van der Waals surface area (Å²) in [4.78, 5) is 19.7. The number of rotatable bonds is 3. The van der Waals surface area contributed by atoms with Gasteiger partial charge in [0.25, 0.3) is 5.56 Å². The Morgan fingerprint density at radius 3 is 2.95 bits per heavy atom. The monoisotopic (exact) mass is 348 g/mol. The van der Waals surface area contributed by atoms with Gasteiger partial charge in [0.15, 0.2) is 0 Å². The van der Waals surface area contributed by atoms with E-state index in [-0.39, 0.29) is 11.5 Å². The standard InChI is InChI=1S/C16H17BrN2O2/c1-9(2)7-12-14(17)16(20)19-15(18-12)11-8-21-13-6-4-3-5-10(11)13/h3-6,9,11H,7-8H2,1-2H3,(H,18,19,20). The topological polar surface area (TPSA) is 55.0 Å². The number of fused-ring (bicyclic) bond motifs is 1. The highest BCUT2D eigenvalue weighted by atomic mass is 79.9. The van der Waals surface area contributed by atoms with Gasteiger partial charge in [-0.25, -0.2) is 4.98 Å². The molecule has 110 valence electrons. The molecule has 4 nitrogen and oxygen atoms in total. The molecule has 2 heterocycles. The first-order valence-corrected chi connectivity index (χ1v) is 7.86. The van der Waals surface area contributed by atoms with Crippen molar-refractivity contribution in [3.63, 3.8) is 0 Å². The first kappa shape index (κ1) is 14.3. The number of aromatic amines is 1. The molecule has 1 aromatic heterocycles. The van der Waals surface area contributed by atoms with Gasteiger partial charge in [-0.1, -0.05) is 32.0 Å². The van der Waals surface area contributed by atoms with Gasteiger partial charge >= 0.3 is 0 Å². The highest BCUT2D eigenvalue weighted by molar-refractivity contribution is 9.10. The lowest BCUT2D eigenvalue weighted by molar-refractivity contribution is 0.339. The van der Waals surface area contributed by atoms with Crippen molar-refractivity contribution in [1.29, 1.82) is 0 Å². The molecule has 0 aliphatic carbocycles. The highest BCUT2D eigenvalue weighted by Crippen LogP contribution is 2.36. The Morgan fingerprint density at radius 2 is 2.19 bits per heavy atom. The van der Waals surface area contributed by atoms with Gasteiger partial charge in [0.1, 0.15) is 22.7 Å². The van der Waals surface area contributed by atoms with Crippen molar-refractivity contribution >= 4 is 15.9 Å². The van der Waals surface area contributed by atoms with Crippen LogP contribution in [0.5, 0.6) is 5.75 Å². The third-order valence-corrected chi connectivity index (χ3v) is 4.40. The molecule has 1 aromatic carbocycles. The van der Waals surface area contributed by atoms with Gasteiger partial charge in [-0.3, -0.25) is 4.79 Å². The Bertz CT molecular complexity index is 724. The molecule has 5 heteroatoms. The summed E-state index contributed by atoms with van der Waals surface area (Å²) in [6.45, 7) is 4.75. The number of H-pyrrole nitrogens is 1. The minimum Gasteiger partial charge on any atom is -0.492 e. The largest absolute Gasteiger partial charge is 0.492 e. The number of ether oxygens (including phenoxy) is 1. The van der Waals surface area contributed by atoms with Crippen molar-refractivity contribution in [2.45, 2.75) is 26.2 Å². The van der Waals surface area contributed by atoms with Gasteiger partial charge < -0.3 is 9.72 Å². The second-order valence-electron chi connectivity index (χ2n) is 5.71. The minimum atomic E-state index is -0.125. The summed E-state index contributed by atoms with van der Waals surface area (Å²) in [6.07, 6.45) is 0.771. The lowest BCUT2D eigenvalue weighted by Crippen LogP contribution is -2.20. The maximum Gasteiger partial charge on any atom is 0.265 e. The molecule has 21 heavy (non-hydrogen) atoms. The fourth-order valence-corrected chi connectivity index (χ4v) is 2.95. The minimum absolute atomic E-state index is 0.00656. The van der Waals surface area contributed by atoms with Crippen LogP contribution in [0.25, 0.3) is 0 Å². The van der Waals surface area contributed by atoms with Crippen LogP contribution in [-0.4, -0.2) is 16.6 Å². The van der Waals surface area contributed by atoms with Crippen molar-refractivity contribution in [2.24, 2.45) is 5.92 Å². The van der Waals surface area contributed by atoms with Crippen LogP contribution >= 0.6 is 15.9 Å². The first-order valence-electron chi connectivity index (χ1n) is 7.06. The van der Waals surface area contributed by atoms with E-state index in [2.05, 4.69) is 39.7 Å². The van der Waals surface area contributed by atoms with Gasteiger partial charge in [0.2, 0.25) is 0 Å². The van der Waals surface area contributed by atoms with E-state index in [1.165, 1.54) is 0 Å². The predicted octanol–water partition coefficient (Wildman–Crippen LogP) is 3.26. The van der Waals surface area contributed by atoms with Gasteiger partial charge in [-0.2, -0.15) is 0 Å². The molecule has 0 saturated carbocycles. The SMILES string of the molecule is CC(C)Cc1nc(C2COc3ccccc32)[nH]c(=O)c1Br. The Morgan fingerprint density at radius 1 is 1.43 bits per heavy atom. The van der Waals surface area contributed by atoms with Gasteiger partial charge in [-0.15, -0.1) is 0 Å². The maximum atomic E-state index is 12.1. The van der Waals surface area contributed by atoms with Crippen molar-refractivity contribution in [1.82, 2.24) is 9.97 Å². The second-order valence-corrected chi connectivity index (χ2v) is 6.50. The summed E-state index contributed by atoms with van der Waals surface area (Å²) in [7, 11) is 0. The lowest BCUT2D eigenvalue weighted by atomic mass is 10.00. The molecule has 3 rings (SSSR count). The van der Waals surface area contributed by atoms with Crippen LogP contribution in [0.2, 0.25) is 0 Å². The molecule has 0 amide bonds. The molecule has 0 spiro atoms. The molecular weight excluding hydrogens is 332 g/mol. The Hall–Kier alpha value is -1.62. The first-order chi connectivity index (χ1) is 10.1. The number of hydrogen-bond acceptors (Lipinski definition) is 3. The van der Waals surface area contributed by atoms with Crippen LogP contribution in [0.1, 0.15) is 36.8 Å². The van der Waals surface area contributed by atoms with E-state index in [1.54, 1.807) is 0 Å². The van der Waals surface area contributed by atoms with Crippen LogP contribution < -0.4 is 10.3 Å². The number of hydrogen-bond donors (Lipinski definition) is 1. The van der Waals surface area contributed by atoms with E-state index in [0.29, 0.717) is 22.8 Å². The van der Waals surface area contributed by atoms with Crippen molar-refractivity contribution in [3.05, 3.63) is 56.2 Å². The molecule has 0 fully saturated rings. The number of halogens is 1. The molecule has 1 aliphatic rings. The normalized spacial score (nSPS) is 16.9. The number of benzene rings is 1. The summed E-state index contributed by atoms with van der Waals surface area (Å²) >= 11 is 3.35. The third-order valence-electron chi connectivity index (χ3n) is 3.58. The summed E-state index contributed by atoms with van der Waals surface area (Å²) < 4.78 is 6.22. The van der Waals surface area contributed by atoms with E-state index in [1.807, 2.05) is 24.3 Å². The van der Waals surface area contributed by atoms with Crippen LogP contribution in [0.4, 0.5) is 0 Å². The van der Waals surface area contributed by atoms with Gasteiger partial charge in [-0.05, 0) is 34.3 Å². The summed E-state index contributed by atoms with van der Waals surface area (Å²) in [5, 5.41) is 0. The van der Waals surface area contributed by atoms with E-state index in [9.17, 15) is 4.79 Å². The van der Waals surface area contributed by atoms with E-state index >= 15 is 0 Å². The lowest BCUT2D eigenvalue weighted by Gasteiger charge is -2.12. The smallest absolute Gasteiger partial charge is 0.265 e. The van der Waals surface area contributed by atoms with Crippen molar-refractivity contribution < 1.29 is 4.74 Å². The van der Waals surface area contributed by atoms with E-state index < -0.39 is 0 Å². The number of nitrogens with one attached hydrogen (secondary N) is 1. The van der Waals surface area contributed by atoms with E-state index in [4.69, 9.17) is 4.74 Å². The van der Waals surface area contributed by atoms with Crippen molar-refractivity contribution in [3.8, 4) is 5.75 Å². The molecular formula is C16H17BrN2O2. The average molecular weight is 349 g/mol. The summed E-state index contributed by atoms with van der Waals surface area (Å²) in [6, 6.07) is 7.90. The fourth-order valence-electron chi connectivity index (χ4n) is 2.60.